The van der Waals surface area contributed by atoms with Gasteiger partial charge in [-0.25, -0.2) is 9.97 Å². The van der Waals surface area contributed by atoms with Gasteiger partial charge < -0.3 is 9.64 Å². The summed E-state index contributed by atoms with van der Waals surface area (Å²) in [4.78, 5) is 21.4. The minimum atomic E-state index is -0.282. The molecule has 0 aliphatic carbocycles. The zero-order valence-electron chi connectivity index (χ0n) is 9.31. The molecule has 0 unspecified atom stereocenters. The fraction of sp³-hybridized carbons (Fsp3) is 0.500. The molecule has 0 saturated carbocycles. The molecule has 0 bridgehead atoms. The molecule has 0 aromatic carbocycles. The Labute approximate surface area is 108 Å². The molecule has 0 radical (unpaired) electrons. The minimum Gasteiger partial charge on any atom is -0.468 e. The van der Waals surface area contributed by atoms with Crippen molar-refractivity contribution in [2.24, 2.45) is 0 Å². The fourth-order valence-electron chi connectivity index (χ4n) is 1.21. The highest BCUT2D eigenvalue weighted by molar-refractivity contribution is 14.1. The lowest BCUT2D eigenvalue weighted by Crippen LogP contribution is -2.32. The molecular formula is C10H14IN3O2. The van der Waals surface area contributed by atoms with E-state index in [-0.39, 0.29) is 12.5 Å². The molecular weight excluding hydrogens is 321 g/mol. The Kier molecular flexibility index (Phi) is 5.44. The number of carbonyl (C=O) groups is 1. The highest BCUT2D eigenvalue weighted by Crippen LogP contribution is 2.09. The largest absolute Gasteiger partial charge is 0.468 e. The van der Waals surface area contributed by atoms with Gasteiger partial charge in [-0.1, -0.05) is 6.92 Å². The lowest BCUT2D eigenvalue weighted by Gasteiger charge is -2.20. The number of esters is 1. The fourth-order valence-corrected chi connectivity index (χ4v) is 1.49. The highest BCUT2D eigenvalue weighted by atomic mass is 127. The predicted octanol–water partition coefficient (Wildman–Crippen LogP) is 1.47. The van der Waals surface area contributed by atoms with Gasteiger partial charge in [0.1, 0.15) is 6.54 Å². The van der Waals surface area contributed by atoms with E-state index in [0.717, 1.165) is 16.5 Å². The second-order valence-electron chi connectivity index (χ2n) is 3.20. The third kappa shape index (κ3) is 3.92. The number of carbonyl (C=O) groups excluding carboxylic acids is 1. The van der Waals surface area contributed by atoms with Crippen molar-refractivity contribution in [3.8, 4) is 0 Å². The zero-order valence-corrected chi connectivity index (χ0v) is 11.5. The summed E-state index contributed by atoms with van der Waals surface area (Å²) < 4.78 is 5.60. The Bertz CT molecular complexity index is 342. The molecule has 0 saturated heterocycles. The van der Waals surface area contributed by atoms with E-state index in [0.29, 0.717) is 5.95 Å². The monoisotopic (exact) mass is 335 g/mol. The van der Waals surface area contributed by atoms with Gasteiger partial charge in [-0.05, 0) is 29.0 Å². The van der Waals surface area contributed by atoms with Crippen LogP contribution in [-0.2, 0) is 9.53 Å². The molecule has 1 aromatic rings. The molecule has 0 spiro atoms. The first-order valence-corrected chi connectivity index (χ1v) is 6.04. The lowest BCUT2D eigenvalue weighted by molar-refractivity contribution is -0.138. The summed E-state index contributed by atoms with van der Waals surface area (Å²) in [5, 5.41) is 0. The van der Waals surface area contributed by atoms with Gasteiger partial charge in [-0.3, -0.25) is 4.79 Å². The number of nitrogens with zero attached hydrogens (tertiary/aromatic N) is 3. The number of halogens is 1. The summed E-state index contributed by atoms with van der Waals surface area (Å²) in [6, 6.07) is 0. The second-order valence-corrected chi connectivity index (χ2v) is 4.44. The van der Waals surface area contributed by atoms with Gasteiger partial charge in [0.2, 0.25) is 5.95 Å². The number of anilines is 1. The molecule has 0 N–H and O–H groups in total. The predicted molar refractivity (Wildman–Crippen MR) is 69.3 cm³/mol. The standard InChI is InChI=1S/C10H14IN3O2/c1-3-4-14(7-9(15)16-2)10-12-5-8(11)6-13-10/h5-6H,3-4,7H2,1-2H3. The van der Waals surface area contributed by atoms with E-state index in [1.165, 1.54) is 7.11 Å². The van der Waals surface area contributed by atoms with E-state index in [9.17, 15) is 4.79 Å². The Hall–Kier alpha value is -0.920. The number of hydrogen-bond acceptors (Lipinski definition) is 5. The van der Waals surface area contributed by atoms with E-state index in [1.807, 2.05) is 11.8 Å². The number of ether oxygens (including phenoxy) is 1. The van der Waals surface area contributed by atoms with Crippen LogP contribution in [0.1, 0.15) is 13.3 Å². The molecule has 1 rings (SSSR count). The first-order valence-electron chi connectivity index (χ1n) is 4.96. The van der Waals surface area contributed by atoms with Crippen LogP contribution in [0.15, 0.2) is 12.4 Å². The van der Waals surface area contributed by atoms with Crippen molar-refractivity contribution < 1.29 is 9.53 Å². The number of hydrogen-bond donors (Lipinski definition) is 0. The van der Waals surface area contributed by atoms with Crippen molar-refractivity contribution in [1.29, 1.82) is 0 Å². The maximum absolute atomic E-state index is 11.2. The van der Waals surface area contributed by atoms with Crippen molar-refractivity contribution >= 4 is 34.5 Å². The van der Waals surface area contributed by atoms with Gasteiger partial charge in [-0.2, -0.15) is 0 Å². The van der Waals surface area contributed by atoms with Crippen LogP contribution >= 0.6 is 22.6 Å². The lowest BCUT2D eigenvalue weighted by atomic mass is 10.4. The SMILES string of the molecule is CCCN(CC(=O)OC)c1ncc(I)cn1. The highest BCUT2D eigenvalue weighted by Gasteiger charge is 2.13. The summed E-state index contributed by atoms with van der Waals surface area (Å²) in [6.07, 6.45) is 4.37. The molecule has 0 fully saturated rings. The molecule has 5 nitrogen and oxygen atoms in total. The van der Waals surface area contributed by atoms with Crippen LogP contribution in [0.3, 0.4) is 0 Å². The van der Waals surface area contributed by atoms with E-state index < -0.39 is 0 Å². The van der Waals surface area contributed by atoms with E-state index in [1.54, 1.807) is 12.4 Å². The molecule has 1 heterocycles. The number of methoxy groups -OCH3 is 1. The maximum atomic E-state index is 11.2. The number of rotatable bonds is 5. The Morgan fingerprint density at radius 3 is 2.62 bits per heavy atom. The second kappa shape index (κ2) is 6.62. The minimum absolute atomic E-state index is 0.185. The van der Waals surface area contributed by atoms with Crippen LogP contribution in [0.4, 0.5) is 5.95 Å². The smallest absolute Gasteiger partial charge is 0.325 e. The average molecular weight is 335 g/mol. The van der Waals surface area contributed by atoms with Crippen LogP contribution in [0, 0.1) is 3.57 Å². The summed E-state index contributed by atoms with van der Waals surface area (Å²) in [6.45, 7) is 2.96. The van der Waals surface area contributed by atoms with Gasteiger partial charge >= 0.3 is 5.97 Å². The molecule has 1 aromatic heterocycles. The molecule has 6 heteroatoms. The van der Waals surface area contributed by atoms with Crippen LogP contribution in [-0.4, -0.2) is 36.1 Å². The molecule has 0 aliphatic heterocycles. The molecule has 16 heavy (non-hydrogen) atoms. The quantitative estimate of drug-likeness (QED) is 0.603. The van der Waals surface area contributed by atoms with Gasteiger partial charge in [0, 0.05) is 22.5 Å². The van der Waals surface area contributed by atoms with Crippen molar-refractivity contribution in [2.75, 3.05) is 25.1 Å². The molecule has 0 amide bonds. The van der Waals surface area contributed by atoms with E-state index >= 15 is 0 Å². The zero-order chi connectivity index (χ0) is 12.0. The van der Waals surface area contributed by atoms with Crippen molar-refractivity contribution in [3.05, 3.63) is 16.0 Å². The van der Waals surface area contributed by atoms with Crippen LogP contribution in [0.5, 0.6) is 0 Å². The summed E-state index contributed by atoms with van der Waals surface area (Å²) in [7, 11) is 1.38. The van der Waals surface area contributed by atoms with E-state index in [2.05, 4.69) is 37.3 Å². The Morgan fingerprint density at radius 1 is 1.50 bits per heavy atom. The van der Waals surface area contributed by atoms with Crippen molar-refractivity contribution in [2.45, 2.75) is 13.3 Å². The molecule has 0 aliphatic rings. The van der Waals surface area contributed by atoms with Crippen molar-refractivity contribution in [3.63, 3.8) is 0 Å². The summed E-state index contributed by atoms with van der Waals surface area (Å²) in [5.74, 6) is 0.281. The molecule has 0 atom stereocenters. The van der Waals surface area contributed by atoms with Gasteiger partial charge in [-0.15, -0.1) is 0 Å². The number of aromatic nitrogens is 2. The Morgan fingerprint density at radius 2 is 2.12 bits per heavy atom. The first kappa shape index (κ1) is 13.1. The maximum Gasteiger partial charge on any atom is 0.325 e. The van der Waals surface area contributed by atoms with Gasteiger partial charge in [0.15, 0.2) is 0 Å². The summed E-state index contributed by atoms with van der Waals surface area (Å²) >= 11 is 2.14. The van der Waals surface area contributed by atoms with Crippen LogP contribution in [0.2, 0.25) is 0 Å². The van der Waals surface area contributed by atoms with Gasteiger partial charge in [0.25, 0.3) is 0 Å². The third-order valence-electron chi connectivity index (χ3n) is 1.93. The van der Waals surface area contributed by atoms with Crippen LogP contribution < -0.4 is 4.90 Å². The summed E-state index contributed by atoms with van der Waals surface area (Å²) in [5.41, 5.74) is 0. The van der Waals surface area contributed by atoms with Crippen LogP contribution in [0.25, 0.3) is 0 Å². The topological polar surface area (TPSA) is 55.3 Å². The van der Waals surface area contributed by atoms with Gasteiger partial charge in [0.05, 0.1) is 7.11 Å². The van der Waals surface area contributed by atoms with E-state index in [4.69, 9.17) is 0 Å². The molecule has 88 valence electrons. The third-order valence-corrected chi connectivity index (χ3v) is 2.49. The van der Waals surface area contributed by atoms with Crippen molar-refractivity contribution in [1.82, 2.24) is 9.97 Å². The average Bonchev–Trinajstić information content (AvgIpc) is 2.29. The Balaban J connectivity index is 2.76. The first-order chi connectivity index (χ1) is 7.67. The normalized spacial score (nSPS) is 9.94.